The monoisotopic (exact) mass is 367 g/mol. The summed E-state index contributed by atoms with van der Waals surface area (Å²) in [5.41, 5.74) is 0.744. The summed E-state index contributed by atoms with van der Waals surface area (Å²) in [4.78, 5) is 11.6. The lowest BCUT2D eigenvalue weighted by molar-refractivity contribution is -0.134. The summed E-state index contributed by atoms with van der Waals surface area (Å²) in [5, 5.41) is 9.90. The SMILES string of the molecule is COC(=O)/C=C\[C@H]1[C@@H](c2ccccc2)[C@]1(C#N)S(=O)(=O)c1ccccc1. The van der Waals surface area contributed by atoms with E-state index in [1.165, 1.54) is 31.4 Å². The summed E-state index contributed by atoms with van der Waals surface area (Å²) in [7, 11) is -2.70. The van der Waals surface area contributed by atoms with Gasteiger partial charge in [-0.2, -0.15) is 5.26 Å². The molecule has 0 radical (unpaired) electrons. The highest BCUT2D eigenvalue weighted by Crippen LogP contribution is 2.64. The lowest BCUT2D eigenvalue weighted by Crippen LogP contribution is -2.25. The van der Waals surface area contributed by atoms with Gasteiger partial charge in [-0.05, 0) is 17.7 Å². The number of rotatable bonds is 5. The first-order valence-electron chi connectivity index (χ1n) is 8.01. The highest BCUT2D eigenvalue weighted by molar-refractivity contribution is 7.93. The Bertz CT molecular complexity index is 977. The standard InChI is InChI=1S/C20H17NO4S/c1-25-18(22)13-12-17-19(15-8-4-2-5-9-15)20(17,14-21)26(23,24)16-10-6-3-7-11-16/h2-13,17,19H,1H3/b13-12-/t17-,19+,20+/m0/s1. The van der Waals surface area contributed by atoms with Crippen LogP contribution in [0.25, 0.3) is 0 Å². The van der Waals surface area contributed by atoms with Crippen LogP contribution in [0.1, 0.15) is 11.5 Å². The maximum Gasteiger partial charge on any atom is 0.330 e. The Labute approximate surface area is 152 Å². The predicted octanol–water partition coefficient (Wildman–Crippen LogP) is 2.87. The number of hydrogen-bond donors (Lipinski definition) is 0. The van der Waals surface area contributed by atoms with Crippen LogP contribution in [0.4, 0.5) is 0 Å². The summed E-state index contributed by atoms with van der Waals surface area (Å²) < 4.78 is 29.5. The number of sulfone groups is 1. The highest BCUT2D eigenvalue weighted by Gasteiger charge is 2.73. The van der Waals surface area contributed by atoms with Crippen molar-refractivity contribution in [3.63, 3.8) is 0 Å². The molecule has 0 N–H and O–H groups in total. The van der Waals surface area contributed by atoms with Crippen molar-refractivity contribution >= 4 is 15.8 Å². The van der Waals surface area contributed by atoms with Crippen molar-refractivity contribution in [1.29, 1.82) is 5.26 Å². The fourth-order valence-corrected chi connectivity index (χ4v) is 5.50. The molecule has 3 rings (SSSR count). The Morgan fingerprint density at radius 2 is 1.69 bits per heavy atom. The molecule has 0 amide bonds. The zero-order valence-corrected chi connectivity index (χ0v) is 14.9. The second-order valence-electron chi connectivity index (χ2n) is 6.02. The minimum Gasteiger partial charge on any atom is -0.466 e. The van der Waals surface area contributed by atoms with Crippen molar-refractivity contribution in [1.82, 2.24) is 0 Å². The van der Waals surface area contributed by atoms with Gasteiger partial charge >= 0.3 is 5.97 Å². The summed E-state index contributed by atoms with van der Waals surface area (Å²) in [5.74, 6) is -1.79. The number of carbonyl (C=O) groups excluding carboxylic acids is 1. The maximum absolute atomic E-state index is 13.3. The molecule has 2 aromatic rings. The molecule has 0 unspecified atom stereocenters. The number of ether oxygens (including phenoxy) is 1. The van der Waals surface area contributed by atoms with Gasteiger partial charge in [0.1, 0.15) is 0 Å². The van der Waals surface area contributed by atoms with Crippen LogP contribution in [-0.4, -0.2) is 26.2 Å². The molecule has 0 bridgehead atoms. The Hall–Kier alpha value is -2.91. The van der Waals surface area contributed by atoms with Gasteiger partial charge in [0.05, 0.1) is 18.1 Å². The zero-order chi connectivity index (χ0) is 18.8. The van der Waals surface area contributed by atoms with Gasteiger partial charge in [-0.1, -0.05) is 54.6 Å². The fraction of sp³-hybridized carbons (Fsp3) is 0.200. The Balaban J connectivity index is 2.12. The summed E-state index contributed by atoms with van der Waals surface area (Å²) in [6, 6.07) is 19.0. The largest absolute Gasteiger partial charge is 0.466 e. The van der Waals surface area contributed by atoms with Crippen LogP contribution >= 0.6 is 0 Å². The lowest BCUT2D eigenvalue weighted by atomic mass is 10.1. The number of carbonyl (C=O) groups is 1. The van der Waals surface area contributed by atoms with Gasteiger partial charge in [0.15, 0.2) is 14.6 Å². The van der Waals surface area contributed by atoms with E-state index < -0.39 is 32.4 Å². The summed E-state index contributed by atoms with van der Waals surface area (Å²) in [6.07, 6.45) is 2.65. The van der Waals surface area contributed by atoms with E-state index in [1.807, 2.05) is 12.1 Å². The fourth-order valence-electron chi connectivity index (χ4n) is 3.36. The van der Waals surface area contributed by atoms with E-state index in [2.05, 4.69) is 4.74 Å². The molecule has 0 spiro atoms. The predicted molar refractivity (Wildman–Crippen MR) is 95.8 cm³/mol. The van der Waals surface area contributed by atoms with Crippen molar-refractivity contribution < 1.29 is 17.9 Å². The molecule has 3 atom stereocenters. The topological polar surface area (TPSA) is 84.2 Å². The Morgan fingerprint density at radius 3 is 2.23 bits per heavy atom. The molecule has 0 saturated heterocycles. The minimum atomic E-state index is -3.94. The first-order valence-corrected chi connectivity index (χ1v) is 9.49. The van der Waals surface area contributed by atoms with E-state index in [-0.39, 0.29) is 4.90 Å². The van der Waals surface area contributed by atoms with E-state index in [9.17, 15) is 18.5 Å². The molecule has 1 aliphatic carbocycles. The molecule has 26 heavy (non-hydrogen) atoms. The minimum absolute atomic E-state index is 0.0939. The van der Waals surface area contributed by atoms with Crippen LogP contribution in [0, 0.1) is 17.2 Å². The molecule has 1 saturated carbocycles. The lowest BCUT2D eigenvalue weighted by Gasteiger charge is -2.11. The van der Waals surface area contributed by atoms with Gasteiger partial charge in [0.25, 0.3) is 0 Å². The average Bonchev–Trinajstić information content (AvgIpc) is 3.37. The number of nitriles is 1. The first-order chi connectivity index (χ1) is 12.5. The molecule has 1 fully saturated rings. The van der Waals surface area contributed by atoms with Gasteiger partial charge in [-0.25, -0.2) is 13.2 Å². The van der Waals surface area contributed by atoms with E-state index in [0.29, 0.717) is 0 Å². The van der Waals surface area contributed by atoms with Crippen LogP contribution in [0.5, 0.6) is 0 Å². The number of benzene rings is 2. The number of allylic oxidation sites excluding steroid dienone is 1. The summed E-state index contributed by atoms with van der Waals surface area (Å²) >= 11 is 0. The number of methoxy groups -OCH3 is 1. The summed E-state index contributed by atoms with van der Waals surface area (Å²) in [6.45, 7) is 0. The molecule has 6 heteroatoms. The molecule has 5 nitrogen and oxygen atoms in total. The van der Waals surface area contributed by atoms with Crippen LogP contribution in [0.15, 0.2) is 77.7 Å². The van der Waals surface area contributed by atoms with E-state index in [1.54, 1.807) is 42.5 Å². The number of esters is 1. The van der Waals surface area contributed by atoms with Crippen LogP contribution in [0.2, 0.25) is 0 Å². The van der Waals surface area contributed by atoms with E-state index in [0.717, 1.165) is 5.56 Å². The van der Waals surface area contributed by atoms with E-state index in [4.69, 9.17) is 0 Å². The van der Waals surface area contributed by atoms with Crippen LogP contribution < -0.4 is 0 Å². The smallest absolute Gasteiger partial charge is 0.330 e. The average molecular weight is 367 g/mol. The Kier molecular flexibility index (Phi) is 4.66. The van der Waals surface area contributed by atoms with Gasteiger partial charge in [0.2, 0.25) is 0 Å². The molecular formula is C20H17NO4S. The van der Waals surface area contributed by atoms with Gasteiger partial charge in [0, 0.05) is 17.9 Å². The molecule has 1 aliphatic rings. The molecule has 132 valence electrons. The molecule has 0 heterocycles. The van der Waals surface area contributed by atoms with Crippen molar-refractivity contribution in [2.45, 2.75) is 15.6 Å². The maximum atomic E-state index is 13.3. The van der Waals surface area contributed by atoms with Crippen LogP contribution in [-0.2, 0) is 19.4 Å². The molecule has 2 aromatic carbocycles. The van der Waals surface area contributed by atoms with Crippen LogP contribution in [0.3, 0.4) is 0 Å². The third-order valence-corrected chi connectivity index (χ3v) is 7.08. The van der Waals surface area contributed by atoms with Gasteiger partial charge < -0.3 is 4.74 Å². The van der Waals surface area contributed by atoms with Crippen molar-refractivity contribution in [2.24, 2.45) is 5.92 Å². The molecule has 0 aliphatic heterocycles. The second kappa shape index (κ2) is 6.77. The zero-order valence-electron chi connectivity index (χ0n) is 14.1. The number of hydrogen-bond acceptors (Lipinski definition) is 5. The third kappa shape index (κ3) is 2.71. The highest BCUT2D eigenvalue weighted by atomic mass is 32.2. The van der Waals surface area contributed by atoms with Crippen molar-refractivity contribution in [3.05, 3.63) is 78.4 Å². The number of nitrogens with zero attached hydrogens (tertiary/aromatic N) is 1. The van der Waals surface area contributed by atoms with Gasteiger partial charge in [-0.15, -0.1) is 0 Å². The van der Waals surface area contributed by atoms with Gasteiger partial charge in [-0.3, -0.25) is 0 Å². The molecule has 0 aromatic heterocycles. The van der Waals surface area contributed by atoms with E-state index >= 15 is 0 Å². The first kappa shape index (κ1) is 17.9. The normalized spacial score (nSPS) is 24.8. The van der Waals surface area contributed by atoms with Crippen molar-refractivity contribution in [3.8, 4) is 6.07 Å². The quantitative estimate of drug-likeness (QED) is 0.599. The third-order valence-electron chi connectivity index (χ3n) is 4.68. The Morgan fingerprint density at radius 1 is 1.12 bits per heavy atom. The molecular weight excluding hydrogens is 350 g/mol. The second-order valence-corrected chi connectivity index (χ2v) is 8.17. The van der Waals surface area contributed by atoms with Crippen molar-refractivity contribution in [2.75, 3.05) is 7.11 Å².